The fraction of sp³-hybridized carbons (Fsp3) is 0.357. The molecular formula is C28H31N5O3S2. The van der Waals surface area contributed by atoms with E-state index in [-0.39, 0.29) is 28.7 Å². The highest BCUT2D eigenvalue weighted by Gasteiger charge is 2.35. The van der Waals surface area contributed by atoms with E-state index in [0.717, 1.165) is 44.0 Å². The first-order chi connectivity index (χ1) is 18.3. The zero-order chi connectivity index (χ0) is 26.8. The van der Waals surface area contributed by atoms with Crippen LogP contribution in [0.25, 0.3) is 10.6 Å². The third kappa shape index (κ3) is 5.87. The Morgan fingerprint density at radius 2 is 1.97 bits per heavy atom. The number of carbonyl (C=O) groups is 1. The van der Waals surface area contributed by atoms with Crippen LogP contribution in [0.5, 0.6) is 5.75 Å². The fourth-order valence-electron chi connectivity index (χ4n) is 4.72. The summed E-state index contributed by atoms with van der Waals surface area (Å²) in [7, 11) is 2.00. The SMILES string of the molecule is Cc1cccc(-c2nc(C(C)C)c(COc3ccc(C(=O)NC4CN(C)CC4c4n[nH]c(=O)s4)cc3)s2)c1. The summed E-state index contributed by atoms with van der Waals surface area (Å²) in [6, 6.07) is 15.5. The second kappa shape index (κ2) is 11.2. The third-order valence-corrected chi connectivity index (χ3v) is 8.59. The second-order valence-electron chi connectivity index (χ2n) is 10.0. The maximum Gasteiger partial charge on any atom is 0.322 e. The molecule has 2 aromatic heterocycles. The average molecular weight is 550 g/mol. The van der Waals surface area contributed by atoms with E-state index >= 15 is 0 Å². The minimum absolute atomic E-state index is 0.0187. The first-order valence-corrected chi connectivity index (χ1v) is 14.2. The minimum Gasteiger partial charge on any atom is -0.488 e. The zero-order valence-corrected chi connectivity index (χ0v) is 23.5. The summed E-state index contributed by atoms with van der Waals surface area (Å²) in [6.07, 6.45) is 0. The van der Waals surface area contributed by atoms with Crippen LogP contribution < -0.4 is 14.9 Å². The topological polar surface area (TPSA) is 100 Å². The number of aromatic amines is 1. The average Bonchev–Trinajstić information content (AvgIpc) is 3.61. The van der Waals surface area contributed by atoms with E-state index in [1.165, 1.54) is 5.56 Å². The van der Waals surface area contributed by atoms with E-state index < -0.39 is 0 Å². The number of rotatable bonds is 8. The Balaban J connectivity index is 1.24. The quantitative estimate of drug-likeness (QED) is 0.328. The van der Waals surface area contributed by atoms with Gasteiger partial charge in [0.2, 0.25) is 0 Å². The van der Waals surface area contributed by atoms with Crippen LogP contribution in [-0.4, -0.2) is 52.2 Å². The second-order valence-corrected chi connectivity index (χ2v) is 12.1. The highest BCUT2D eigenvalue weighted by atomic mass is 32.1. The van der Waals surface area contributed by atoms with E-state index in [4.69, 9.17) is 9.72 Å². The van der Waals surface area contributed by atoms with Crippen molar-refractivity contribution in [2.24, 2.45) is 0 Å². The number of hydrogen-bond acceptors (Lipinski definition) is 8. The number of likely N-dealkylation sites (tertiary alicyclic amines) is 1. The number of nitrogens with one attached hydrogen (secondary N) is 2. The van der Waals surface area contributed by atoms with Crippen LogP contribution in [0, 0.1) is 6.92 Å². The van der Waals surface area contributed by atoms with Crippen LogP contribution in [0.3, 0.4) is 0 Å². The van der Waals surface area contributed by atoms with E-state index in [9.17, 15) is 9.59 Å². The molecule has 10 heteroatoms. The predicted molar refractivity (Wildman–Crippen MR) is 151 cm³/mol. The Morgan fingerprint density at radius 1 is 1.18 bits per heavy atom. The van der Waals surface area contributed by atoms with Crippen LogP contribution in [0.4, 0.5) is 0 Å². The molecule has 1 saturated heterocycles. The van der Waals surface area contributed by atoms with Gasteiger partial charge < -0.3 is 15.0 Å². The Labute approximate surface area is 229 Å². The largest absolute Gasteiger partial charge is 0.488 e. The molecule has 0 radical (unpaired) electrons. The molecular weight excluding hydrogens is 518 g/mol. The van der Waals surface area contributed by atoms with E-state index in [0.29, 0.717) is 24.5 Å². The third-order valence-electron chi connectivity index (χ3n) is 6.62. The maximum atomic E-state index is 13.0. The number of likely N-dealkylation sites (N-methyl/N-ethyl adjacent to an activating group) is 1. The van der Waals surface area contributed by atoms with E-state index in [2.05, 4.69) is 65.5 Å². The van der Waals surface area contributed by atoms with Crippen molar-refractivity contribution in [3.8, 4) is 16.3 Å². The van der Waals surface area contributed by atoms with Gasteiger partial charge in [-0.2, -0.15) is 5.10 Å². The van der Waals surface area contributed by atoms with Gasteiger partial charge >= 0.3 is 4.87 Å². The fourth-order valence-corrected chi connectivity index (χ4v) is 6.61. The maximum absolute atomic E-state index is 13.0. The van der Waals surface area contributed by atoms with Gasteiger partial charge in [-0.3, -0.25) is 9.59 Å². The van der Waals surface area contributed by atoms with Gasteiger partial charge in [0.1, 0.15) is 22.4 Å². The molecule has 1 aliphatic heterocycles. The van der Waals surface area contributed by atoms with Crippen molar-refractivity contribution in [1.82, 2.24) is 25.4 Å². The van der Waals surface area contributed by atoms with Crippen molar-refractivity contribution in [1.29, 1.82) is 0 Å². The van der Waals surface area contributed by atoms with Crippen molar-refractivity contribution in [3.05, 3.63) is 84.9 Å². The highest BCUT2D eigenvalue weighted by Crippen LogP contribution is 2.33. The van der Waals surface area contributed by atoms with Gasteiger partial charge in [0.05, 0.1) is 16.6 Å². The molecule has 38 heavy (non-hydrogen) atoms. The lowest BCUT2D eigenvalue weighted by atomic mass is 10.0. The molecule has 2 atom stereocenters. The van der Waals surface area contributed by atoms with Crippen LogP contribution in [0.2, 0.25) is 0 Å². The molecule has 4 aromatic rings. The normalized spacial score (nSPS) is 17.7. The van der Waals surface area contributed by atoms with Crippen molar-refractivity contribution < 1.29 is 9.53 Å². The summed E-state index contributed by atoms with van der Waals surface area (Å²) in [5.41, 5.74) is 3.94. The van der Waals surface area contributed by atoms with Gasteiger partial charge in [-0.1, -0.05) is 48.9 Å². The molecule has 3 heterocycles. The number of ether oxygens (including phenoxy) is 1. The van der Waals surface area contributed by atoms with Crippen molar-refractivity contribution in [2.45, 2.75) is 45.3 Å². The van der Waals surface area contributed by atoms with Crippen molar-refractivity contribution in [3.63, 3.8) is 0 Å². The zero-order valence-electron chi connectivity index (χ0n) is 21.9. The molecule has 8 nitrogen and oxygen atoms in total. The van der Waals surface area contributed by atoms with Crippen LogP contribution >= 0.6 is 22.7 Å². The summed E-state index contributed by atoms with van der Waals surface area (Å²) in [4.78, 5) is 32.5. The Kier molecular flexibility index (Phi) is 7.73. The molecule has 2 aromatic carbocycles. The highest BCUT2D eigenvalue weighted by molar-refractivity contribution is 7.15. The standard InChI is InChI=1S/C28H31N5O3S2/c1-16(2)24-23(37-26(30-24)19-7-5-6-17(3)12-19)15-36-20-10-8-18(9-11-20)25(34)29-22-14-33(4)13-21(22)27-31-32-28(35)38-27/h5-12,16,21-22H,13-15H2,1-4H3,(H,29,34)(H,32,35). The Morgan fingerprint density at radius 3 is 2.66 bits per heavy atom. The molecule has 0 spiro atoms. The Hall–Kier alpha value is -3.34. The van der Waals surface area contributed by atoms with Crippen LogP contribution in [-0.2, 0) is 6.61 Å². The summed E-state index contributed by atoms with van der Waals surface area (Å²) in [6.45, 7) is 8.23. The lowest BCUT2D eigenvalue weighted by Gasteiger charge is -2.18. The summed E-state index contributed by atoms with van der Waals surface area (Å²) in [5, 5.41) is 11.5. The number of aromatic nitrogens is 3. The number of thiazole rings is 1. The monoisotopic (exact) mass is 549 g/mol. The van der Waals surface area contributed by atoms with Gasteiger partial charge in [-0.15, -0.1) is 11.3 Å². The molecule has 1 aliphatic rings. The summed E-state index contributed by atoms with van der Waals surface area (Å²) >= 11 is 2.77. The smallest absolute Gasteiger partial charge is 0.322 e. The molecule has 0 saturated carbocycles. The number of amides is 1. The molecule has 2 unspecified atom stereocenters. The lowest BCUT2D eigenvalue weighted by Crippen LogP contribution is -2.39. The molecule has 0 bridgehead atoms. The number of benzene rings is 2. The summed E-state index contributed by atoms with van der Waals surface area (Å²) < 4.78 is 6.11. The van der Waals surface area contributed by atoms with Crippen molar-refractivity contribution in [2.75, 3.05) is 20.1 Å². The Bertz CT molecular complexity index is 1470. The summed E-state index contributed by atoms with van der Waals surface area (Å²) in [5.74, 6) is 0.809. The van der Waals surface area contributed by atoms with Gasteiger partial charge in [0, 0.05) is 30.1 Å². The van der Waals surface area contributed by atoms with Gasteiger partial charge in [0.15, 0.2) is 0 Å². The van der Waals surface area contributed by atoms with Gasteiger partial charge in [-0.25, -0.2) is 10.1 Å². The van der Waals surface area contributed by atoms with Crippen molar-refractivity contribution >= 4 is 28.6 Å². The first-order valence-electron chi connectivity index (χ1n) is 12.6. The van der Waals surface area contributed by atoms with Gasteiger partial charge in [0.25, 0.3) is 5.91 Å². The molecule has 0 aliphatic carbocycles. The molecule has 1 fully saturated rings. The van der Waals surface area contributed by atoms with E-state index in [1.54, 1.807) is 23.5 Å². The lowest BCUT2D eigenvalue weighted by molar-refractivity contribution is 0.0935. The first kappa shape index (κ1) is 26.3. The van der Waals surface area contributed by atoms with Crippen LogP contribution in [0.15, 0.2) is 53.3 Å². The van der Waals surface area contributed by atoms with E-state index in [1.807, 2.05) is 19.2 Å². The number of aryl methyl sites for hydroxylation is 1. The number of carbonyl (C=O) groups excluding carboxylic acids is 1. The molecule has 2 N–H and O–H groups in total. The number of H-pyrrole nitrogens is 1. The minimum atomic E-state index is -0.180. The molecule has 5 rings (SSSR count). The molecule has 198 valence electrons. The molecule has 1 amide bonds. The van der Waals surface area contributed by atoms with Crippen LogP contribution in [0.1, 0.15) is 57.2 Å². The number of nitrogens with zero attached hydrogens (tertiary/aromatic N) is 3. The predicted octanol–water partition coefficient (Wildman–Crippen LogP) is 4.79. The number of hydrogen-bond donors (Lipinski definition) is 2. The van der Waals surface area contributed by atoms with Gasteiger partial charge in [-0.05, 0) is 50.2 Å².